The molecule has 5 rings (SSSR count). The van der Waals surface area contributed by atoms with Crippen molar-refractivity contribution in [2.45, 2.75) is 114 Å². The second-order valence-electron chi connectivity index (χ2n) is 14.1. The molecule has 4 aliphatic carbocycles. The van der Waals surface area contributed by atoms with Gasteiger partial charge >= 0.3 is 6.18 Å². The molecule has 0 radical (unpaired) electrons. The van der Waals surface area contributed by atoms with Gasteiger partial charge in [0.25, 0.3) is 0 Å². The zero-order chi connectivity index (χ0) is 29.3. The number of alkyl halides is 3. The number of rotatable bonds is 6. The standard InChI is InChI=1S/C32H45F3O4S/c1-20(28(19-31(4,37)32(33,34)35)40(38,39)23-8-6-5-7-9-23)25-12-13-26-24-11-10-21-18-22(36)14-16-29(21,2)27(24)15-17-30(25,26)3/h5-10,20,22,24-28,36-37H,11-19H2,1-4H3/t20-,22-,24-,25+,26-,27-,28?,29-,30+,31-/m0/s1. The first-order chi connectivity index (χ1) is 18.5. The van der Waals surface area contributed by atoms with Gasteiger partial charge in [-0.15, -0.1) is 0 Å². The Bertz CT molecular complexity index is 1230. The van der Waals surface area contributed by atoms with E-state index in [2.05, 4.69) is 19.9 Å². The maximum Gasteiger partial charge on any atom is 0.416 e. The molecule has 2 N–H and O–H groups in total. The fourth-order valence-electron chi connectivity index (χ4n) is 9.68. The summed E-state index contributed by atoms with van der Waals surface area (Å²) in [4.78, 5) is 0.00518. The van der Waals surface area contributed by atoms with Crippen molar-refractivity contribution in [1.29, 1.82) is 0 Å². The second kappa shape index (κ2) is 10.1. The number of aliphatic hydroxyl groups is 2. The van der Waals surface area contributed by atoms with Crippen molar-refractivity contribution >= 4 is 9.84 Å². The zero-order valence-electron chi connectivity index (χ0n) is 24.1. The molecule has 10 atom stereocenters. The number of hydrogen-bond donors (Lipinski definition) is 2. The van der Waals surface area contributed by atoms with Crippen LogP contribution in [0, 0.1) is 40.4 Å². The van der Waals surface area contributed by atoms with Gasteiger partial charge in [-0.2, -0.15) is 13.2 Å². The topological polar surface area (TPSA) is 74.6 Å². The van der Waals surface area contributed by atoms with Crippen LogP contribution in [-0.4, -0.2) is 41.8 Å². The van der Waals surface area contributed by atoms with Crippen molar-refractivity contribution in [1.82, 2.24) is 0 Å². The minimum absolute atomic E-state index is 0.00518. The van der Waals surface area contributed by atoms with Gasteiger partial charge in [-0.25, -0.2) is 8.42 Å². The molecule has 0 aliphatic heterocycles. The van der Waals surface area contributed by atoms with Gasteiger partial charge in [0.2, 0.25) is 0 Å². The maximum absolute atomic E-state index is 13.9. The molecule has 224 valence electrons. The molecular weight excluding hydrogens is 537 g/mol. The van der Waals surface area contributed by atoms with E-state index < -0.39 is 39.2 Å². The molecule has 3 saturated carbocycles. The molecule has 0 spiro atoms. The smallest absolute Gasteiger partial charge is 0.393 e. The van der Waals surface area contributed by atoms with Crippen LogP contribution < -0.4 is 0 Å². The first-order valence-electron chi connectivity index (χ1n) is 15.0. The highest BCUT2D eigenvalue weighted by Gasteiger charge is 2.61. The van der Waals surface area contributed by atoms with Crippen molar-refractivity contribution in [2.75, 3.05) is 0 Å². The Kier molecular flexibility index (Phi) is 7.61. The van der Waals surface area contributed by atoms with E-state index in [-0.39, 0.29) is 27.7 Å². The minimum atomic E-state index is -4.94. The molecule has 0 bridgehead atoms. The summed E-state index contributed by atoms with van der Waals surface area (Å²) in [7, 11) is -4.14. The third-order valence-corrected chi connectivity index (χ3v) is 14.4. The largest absolute Gasteiger partial charge is 0.416 e. The molecule has 1 aromatic rings. The molecule has 4 nitrogen and oxygen atoms in total. The lowest BCUT2D eigenvalue weighted by Gasteiger charge is -2.58. The van der Waals surface area contributed by atoms with Crippen molar-refractivity contribution in [3.05, 3.63) is 42.0 Å². The average molecular weight is 583 g/mol. The normalized spacial score (nSPS) is 39.2. The van der Waals surface area contributed by atoms with Crippen LogP contribution in [0.25, 0.3) is 0 Å². The maximum atomic E-state index is 13.9. The van der Waals surface area contributed by atoms with Crippen molar-refractivity contribution in [3.8, 4) is 0 Å². The van der Waals surface area contributed by atoms with Gasteiger partial charge in [0, 0.05) is 6.42 Å². The first-order valence-corrected chi connectivity index (χ1v) is 16.5. The molecule has 0 amide bonds. The molecule has 40 heavy (non-hydrogen) atoms. The van der Waals surface area contributed by atoms with E-state index in [9.17, 15) is 31.8 Å². The number of fused-ring (bicyclic) bond motifs is 5. The molecule has 3 fully saturated rings. The van der Waals surface area contributed by atoms with Crippen LogP contribution in [-0.2, 0) is 9.84 Å². The predicted molar refractivity (Wildman–Crippen MR) is 149 cm³/mol. The van der Waals surface area contributed by atoms with Crippen LogP contribution in [0.15, 0.2) is 46.9 Å². The van der Waals surface area contributed by atoms with Crippen molar-refractivity contribution < 1.29 is 31.8 Å². The summed E-state index contributed by atoms with van der Waals surface area (Å²) in [6, 6.07) is 7.73. The van der Waals surface area contributed by atoms with Crippen LogP contribution in [0.2, 0.25) is 0 Å². The third-order valence-electron chi connectivity index (χ3n) is 12.1. The van der Waals surface area contributed by atoms with Gasteiger partial charge in [-0.3, -0.25) is 0 Å². The summed E-state index contributed by atoms with van der Waals surface area (Å²) in [5.74, 6) is 0.741. The van der Waals surface area contributed by atoms with Gasteiger partial charge in [0.1, 0.15) is 0 Å². The lowest BCUT2D eigenvalue weighted by atomic mass is 9.47. The average Bonchev–Trinajstić information content (AvgIpc) is 3.24. The summed E-state index contributed by atoms with van der Waals surface area (Å²) < 4.78 is 69.5. The fourth-order valence-corrected chi connectivity index (χ4v) is 11.9. The Morgan fingerprint density at radius 1 is 1.02 bits per heavy atom. The van der Waals surface area contributed by atoms with Gasteiger partial charge < -0.3 is 10.2 Å². The van der Waals surface area contributed by atoms with E-state index in [0.29, 0.717) is 24.7 Å². The molecular formula is C32H45F3O4S. The predicted octanol–water partition coefficient (Wildman–Crippen LogP) is 7.11. The Morgan fingerprint density at radius 3 is 2.35 bits per heavy atom. The van der Waals surface area contributed by atoms with Gasteiger partial charge in [-0.1, -0.05) is 50.6 Å². The van der Waals surface area contributed by atoms with Crippen LogP contribution in [0.5, 0.6) is 0 Å². The van der Waals surface area contributed by atoms with Crippen LogP contribution in [0.3, 0.4) is 0 Å². The molecule has 1 unspecified atom stereocenters. The summed E-state index contributed by atoms with van der Waals surface area (Å²) in [5, 5.41) is 19.5. The Morgan fingerprint density at radius 2 is 1.70 bits per heavy atom. The fraction of sp³-hybridized carbons (Fsp3) is 0.750. The molecule has 8 heteroatoms. The lowest BCUT2D eigenvalue weighted by molar-refractivity contribution is -0.255. The molecule has 4 aliphatic rings. The Labute approximate surface area is 237 Å². The SMILES string of the molecule is C[C@H](C(C[C@](C)(O)C(F)(F)F)S(=O)(=O)c1ccccc1)[C@H]1CC[C@H]2[C@@H]3CC=C4C[C@@H](O)CC[C@]4(C)[C@H]3CC[C@]12C. The van der Waals surface area contributed by atoms with E-state index in [1.54, 1.807) is 18.2 Å². The van der Waals surface area contributed by atoms with Crippen molar-refractivity contribution in [3.63, 3.8) is 0 Å². The van der Waals surface area contributed by atoms with E-state index in [0.717, 1.165) is 51.4 Å². The molecule has 0 aromatic heterocycles. The number of benzene rings is 1. The van der Waals surface area contributed by atoms with E-state index in [1.807, 2.05) is 6.92 Å². The third kappa shape index (κ3) is 4.78. The number of halogens is 3. The molecule has 0 heterocycles. The second-order valence-corrected chi connectivity index (χ2v) is 16.3. The van der Waals surface area contributed by atoms with Crippen LogP contribution >= 0.6 is 0 Å². The Hall–Kier alpha value is -1.38. The van der Waals surface area contributed by atoms with E-state index in [4.69, 9.17) is 0 Å². The highest BCUT2D eigenvalue weighted by atomic mass is 32.2. The highest BCUT2D eigenvalue weighted by molar-refractivity contribution is 7.92. The van der Waals surface area contributed by atoms with E-state index >= 15 is 0 Å². The number of sulfone groups is 1. The van der Waals surface area contributed by atoms with Crippen molar-refractivity contribution in [2.24, 2.45) is 40.4 Å². The molecule has 1 aromatic carbocycles. The van der Waals surface area contributed by atoms with Gasteiger partial charge in [-0.05, 0) is 111 Å². The monoisotopic (exact) mass is 582 g/mol. The number of aliphatic hydroxyl groups excluding tert-OH is 1. The quantitative estimate of drug-likeness (QED) is 0.351. The van der Waals surface area contributed by atoms with Gasteiger partial charge in [0.05, 0.1) is 16.2 Å². The van der Waals surface area contributed by atoms with Gasteiger partial charge in [0.15, 0.2) is 15.4 Å². The summed E-state index contributed by atoms with van der Waals surface area (Å²) in [6.45, 7) is 7.12. The number of hydrogen-bond acceptors (Lipinski definition) is 4. The summed E-state index contributed by atoms with van der Waals surface area (Å²) in [5.41, 5.74) is -1.82. The number of allylic oxidation sites excluding steroid dienone is 1. The van der Waals surface area contributed by atoms with Crippen LogP contribution in [0.1, 0.15) is 85.5 Å². The van der Waals surface area contributed by atoms with Crippen LogP contribution in [0.4, 0.5) is 13.2 Å². The van der Waals surface area contributed by atoms with E-state index in [1.165, 1.54) is 17.7 Å². The zero-order valence-corrected chi connectivity index (χ0v) is 24.9. The molecule has 0 saturated heterocycles. The lowest BCUT2D eigenvalue weighted by Crippen LogP contribution is -2.52. The summed E-state index contributed by atoms with van der Waals surface area (Å²) >= 11 is 0. The highest BCUT2D eigenvalue weighted by Crippen LogP contribution is 2.67. The first kappa shape index (κ1) is 30.1. The Balaban J connectivity index is 1.47. The summed E-state index contributed by atoms with van der Waals surface area (Å²) in [6.07, 6.45) is 3.44. The minimum Gasteiger partial charge on any atom is -0.393 e.